The van der Waals surface area contributed by atoms with E-state index in [4.69, 9.17) is 0 Å². The molecular weight excluding hydrogens is 315 g/mol. The first-order chi connectivity index (χ1) is 12.2. The lowest BCUT2D eigenvalue weighted by Crippen LogP contribution is -2.18. The SMILES string of the molecule is O=C(CCCc1ccc(F)cc1)Nc1cccc(CN2CCCC2)c1. The molecule has 4 heteroatoms. The highest BCUT2D eigenvalue weighted by Crippen LogP contribution is 2.16. The summed E-state index contributed by atoms with van der Waals surface area (Å²) in [5.41, 5.74) is 3.16. The van der Waals surface area contributed by atoms with Crippen LogP contribution in [0.1, 0.15) is 36.8 Å². The summed E-state index contributed by atoms with van der Waals surface area (Å²) in [5.74, 6) is -0.198. The zero-order valence-corrected chi connectivity index (χ0v) is 14.5. The van der Waals surface area contributed by atoms with Gasteiger partial charge in [-0.25, -0.2) is 4.39 Å². The van der Waals surface area contributed by atoms with Crippen molar-refractivity contribution >= 4 is 11.6 Å². The summed E-state index contributed by atoms with van der Waals surface area (Å²) >= 11 is 0. The fraction of sp³-hybridized carbons (Fsp3) is 0.381. The van der Waals surface area contributed by atoms with E-state index in [1.807, 2.05) is 12.1 Å². The number of benzene rings is 2. The van der Waals surface area contributed by atoms with Crippen molar-refractivity contribution in [2.75, 3.05) is 18.4 Å². The molecule has 3 nitrogen and oxygen atoms in total. The lowest BCUT2D eigenvalue weighted by atomic mass is 10.1. The average molecular weight is 340 g/mol. The average Bonchev–Trinajstić information content (AvgIpc) is 3.10. The second-order valence-corrected chi connectivity index (χ2v) is 6.71. The maximum atomic E-state index is 12.9. The molecule has 25 heavy (non-hydrogen) atoms. The maximum absolute atomic E-state index is 12.9. The number of likely N-dealkylation sites (tertiary alicyclic amines) is 1. The molecule has 0 unspecified atom stereocenters. The van der Waals surface area contributed by atoms with Gasteiger partial charge in [-0.1, -0.05) is 24.3 Å². The van der Waals surface area contributed by atoms with Crippen LogP contribution in [0.5, 0.6) is 0 Å². The van der Waals surface area contributed by atoms with E-state index in [1.165, 1.54) is 43.6 Å². The number of aryl methyl sites for hydroxylation is 1. The number of amides is 1. The number of nitrogens with zero attached hydrogens (tertiary/aromatic N) is 1. The molecule has 2 aromatic rings. The summed E-state index contributed by atoms with van der Waals surface area (Å²) in [6, 6.07) is 14.6. The summed E-state index contributed by atoms with van der Waals surface area (Å²) < 4.78 is 12.9. The predicted molar refractivity (Wildman–Crippen MR) is 98.9 cm³/mol. The third-order valence-corrected chi connectivity index (χ3v) is 4.60. The van der Waals surface area contributed by atoms with Crippen molar-refractivity contribution in [3.05, 3.63) is 65.5 Å². The van der Waals surface area contributed by atoms with Gasteiger partial charge in [-0.15, -0.1) is 0 Å². The van der Waals surface area contributed by atoms with Crippen LogP contribution in [0.3, 0.4) is 0 Å². The third kappa shape index (κ3) is 5.68. The number of nitrogens with one attached hydrogen (secondary N) is 1. The zero-order valence-electron chi connectivity index (χ0n) is 14.5. The predicted octanol–water partition coefficient (Wildman–Crippen LogP) is 4.38. The third-order valence-electron chi connectivity index (χ3n) is 4.60. The molecule has 1 aliphatic heterocycles. The van der Waals surface area contributed by atoms with Crippen molar-refractivity contribution in [3.63, 3.8) is 0 Å². The Morgan fingerprint density at radius 1 is 1.04 bits per heavy atom. The number of anilines is 1. The van der Waals surface area contributed by atoms with E-state index in [9.17, 15) is 9.18 Å². The summed E-state index contributed by atoms with van der Waals surface area (Å²) in [4.78, 5) is 14.6. The van der Waals surface area contributed by atoms with E-state index in [-0.39, 0.29) is 11.7 Å². The lowest BCUT2D eigenvalue weighted by molar-refractivity contribution is -0.116. The van der Waals surface area contributed by atoms with Crippen molar-refractivity contribution in [1.29, 1.82) is 0 Å². The van der Waals surface area contributed by atoms with Gasteiger partial charge in [0, 0.05) is 18.7 Å². The number of halogens is 1. The Hall–Kier alpha value is -2.20. The molecule has 0 spiro atoms. The lowest BCUT2D eigenvalue weighted by Gasteiger charge is -2.15. The fourth-order valence-corrected chi connectivity index (χ4v) is 3.27. The Kier molecular flexibility index (Phi) is 6.18. The van der Waals surface area contributed by atoms with E-state index >= 15 is 0 Å². The minimum Gasteiger partial charge on any atom is -0.326 e. The number of rotatable bonds is 7. The summed E-state index contributed by atoms with van der Waals surface area (Å²) in [7, 11) is 0. The molecule has 132 valence electrons. The van der Waals surface area contributed by atoms with E-state index in [2.05, 4.69) is 22.3 Å². The maximum Gasteiger partial charge on any atom is 0.224 e. The largest absolute Gasteiger partial charge is 0.326 e. The molecule has 1 saturated heterocycles. The molecule has 1 aliphatic rings. The van der Waals surface area contributed by atoms with Crippen LogP contribution in [0.4, 0.5) is 10.1 Å². The molecule has 0 radical (unpaired) electrons. The van der Waals surface area contributed by atoms with Gasteiger partial charge in [-0.05, 0) is 74.2 Å². The summed E-state index contributed by atoms with van der Waals surface area (Å²) in [5, 5.41) is 2.99. The molecule has 2 aromatic carbocycles. The van der Waals surface area contributed by atoms with Gasteiger partial charge in [0.25, 0.3) is 0 Å². The minimum absolute atomic E-state index is 0.0282. The van der Waals surface area contributed by atoms with Crippen LogP contribution >= 0.6 is 0 Å². The van der Waals surface area contributed by atoms with Gasteiger partial charge in [0.15, 0.2) is 0 Å². The van der Waals surface area contributed by atoms with Gasteiger partial charge in [-0.3, -0.25) is 9.69 Å². The number of hydrogen-bond acceptors (Lipinski definition) is 2. The van der Waals surface area contributed by atoms with Gasteiger partial charge in [0.05, 0.1) is 0 Å². The molecule has 0 atom stereocenters. The van der Waals surface area contributed by atoms with E-state index in [1.54, 1.807) is 12.1 Å². The molecule has 1 heterocycles. The smallest absolute Gasteiger partial charge is 0.224 e. The van der Waals surface area contributed by atoms with Crippen LogP contribution in [0.2, 0.25) is 0 Å². The molecule has 0 aromatic heterocycles. The normalized spacial score (nSPS) is 14.6. The van der Waals surface area contributed by atoms with Crippen molar-refractivity contribution < 1.29 is 9.18 Å². The number of carbonyl (C=O) groups excluding carboxylic acids is 1. The van der Waals surface area contributed by atoms with Crippen molar-refractivity contribution in [3.8, 4) is 0 Å². The molecule has 1 fully saturated rings. The first-order valence-electron chi connectivity index (χ1n) is 9.05. The summed E-state index contributed by atoms with van der Waals surface area (Å²) in [6.45, 7) is 3.29. The van der Waals surface area contributed by atoms with E-state index in [0.717, 1.165) is 30.6 Å². The van der Waals surface area contributed by atoms with Gasteiger partial charge in [0.1, 0.15) is 5.82 Å². The highest BCUT2D eigenvalue weighted by Gasteiger charge is 2.12. The Morgan fingerprint density at radius 2 is 1.80 bits per heavy atom. The molecule has 1 amide bonds. The fourth-order valence-electron chi connectivity index (χ4n) is 3.27. The van der Waals surface area contributed by atoms with Crippen LogP contribution in [-0.4, -0.2) is 23.9 Å². The standard InChI is InChI=1S/C21H25FN2O/c22-19-11-9-17(10-12-19)5-4-8-21(25)23-20-7-3-6-18(15-20)16-24-13-1-2-14-24/h3,6-7,9-12,15H,1-2,4-5,8,13-14,16H2,(H,23,25). The van der Waals surface area contributed by atoms with Gasteiger partial charge in [-0.2, -0.15) is 0 Å². The summed E-state index contributed by atoms with van der Waals surface area (Å²) in [6.07, 6.45) is 4.57. The Bertz CT molecular complexity index is 693. The number of hydrogen-bond donors (Lipinski definition) is 1. The second kappa shape index (κ2) is 8.77. The van der Waals surface area contributed by atoms with Gasteiger partial charge < -0.3 is 5.32 Å². The highest BCUT2D eigenvalue weighted by atomic mass is 19.1. The van der Waals surface area contributed by atoms with Crippen molar-refractivity contribution in [1.82, 2.24) is 4.90 Å². The minimum atomic E-state index is -0.227. The molecular formula is C21H25FN2O. The quantitative estimate of drug-likeness (QED) is 0.811. The zero-order chi connectivity index (χ0) is 17.5. The van der Waals surface area contributed by atoms with Crippen LogP contribution < -0.4 is 5.32 Å². The monoisotopic (exact) mass is 340 g/mol. The van der Waals surface area contributed by atoms with Crippen LogP contribution in [0, 0.1) is 5.82 Å². The van der Waals surface area contributed by atoms with Crippen LogP contribution in [0.25, 0.3) is 0 Å². The highest BCUT2D eigenvalue weighted by molar-refractivity contribution is 5.90. The van der Waals surface area contributed by atoms with E-state index < -0.39 is 0 Å². The topological polar surface area (TPSA) is 32.3 Å². The molecule has 1 N–H and O–H groups in total. The molecule has 0 aliphatic carbocycles. The Balaban J connectivity index is 1.44. The molecule has 3 rings (SSSR count). The molecule has 0 saturated carbocycles. The Morgan fingerprint density at radius 3 is 2.56 bits per heavy atom. The van der Waals surface area contributed by atoms with Crippen molar-refractivity contribution in [2.24, 2.45) is 0 Å². The second-order valence-electron chi connectivity index (χ2n) is 6.71. The Labute approximate surface area is 148 Å². The number of carbonyl (C=O) groups is 1. The van der Waals surface area contributed by atoms with Crippen LogP contribution in [0.15, 0.2) is 48.5 Å². The van der Waals surface area contributed by atoms with Crippen LogP contribution in [-0.2, 0) is 17.8 Å². The first-order valence-corrected chi connectivity index (χ1v) is 9.05. The van der Waals surface area contributed by atoms with Crippen molar-refractivity contribution in [2.45, 2.75) is 38.6 Å². The van der Waals surface area contributed by atoms with Gasteiger partial charge in [0.2, 0.25) is 5.91 Å². The first kappa shape index (κ1) is 17.6. The molecule has 0 bridgehead atoms. The van der Waals surface area contributed by atoms with Gasteiger partial charge >= 0.3 is 0 Å². The van der Waals surface area contributed by atoms with E-state index in [0.29, 0.717) is 6.42 Å².